The van der Waals surface area contributed by atoms with Crippen molar-refractivity contribution in [2.45, 2.75) is 6.92 Å². The number of aryl methyl sites for hydroxylation is 1. The van der Waals surface area contributed by atoms with E-state index in [2.05, 4.69) is 0 Å². The van der Waals surface area contributed by atoms with Crippen LogP contribution in [0, 0.1) is 0 Å². The van der Waals surface area contributed by atoms with E-state index in [0.29, 0.717) is 28.6 Å². The summed E-state index contributed by atoms with van der Waals surface area (Å²) in [5.74, 6) is 0.146. The molecule has 0 atom stereocenters. The quantitative estimate of drug-likeness (QED) is 0.515. The summed E-state index contributed by atoms with van der Waals surface area (Å²) in [6, 6.07) is 3.45. The number of aromatic nitrogens is 1. The highest BCUT2D eigenvalue weighted by atomic mass is 16.5. The standard InChI is InChI=1S/C13H14N2O4/c1-7(17)19-13-8(6-16)11-9(15(13)2)4-5-10(18-3)12(11)14/h4-6H,14H2,1-3H3. The van der Waals surface area contributed by atoms with E-state index in [9.17, 15) is 9.59 Å². The zero-order valence-electron chi connectivity index (χ0n) is 10.9. The van der Waals surface area contributed by atoms with Gasteiger partial charge in [-0.1, -0.05) is 0 Å². The summed E-state index contributed by atoms with van der Waals surface area (Å²) in [4.78, 5) is 22.4. The number of hydrogen-bond acceptors (Lipinski definition) is 5. The largest absolute Gasteiger partial charge is 0.495 e. The number of ether oxygens (including phenoxy) is 2. The van der Waals surface area contributed by atoms with Gasteiger partial charge in [-0.2, -0.15) is 0 Å². The Morgan fingerprint density at radius 1 is 1.42 bits per heavy atom. The molecule has 1 heterocycles. The zero-order valence-corrected chi connectivity index (χ0v) is 10.9. The summed E-state index contributed by atoms with van der Waals surface area (Å²) >= 11 is 0. The van der Waals surface area contributed by atoms with Gasteiger partial charge in [0.25, 0.3) is 0 Å². The number of benzene rings is 1. The predicted octanol–water partition coefficient (Wildman–Crippen LogP) is 1.51. The molecule has 0 spiro atoms. The topological polar surface area (TPSA) is 83.6 Å². The third-order valence-electron chi connectivity index (χ3n) is 2.93. The lowest BCUT2D eigenvalue weighted by atomic mass is 10.1. The molecule has 2 rings (SSSR count). The molecule has 6 nitrogen and oxygen atoms in total. The second-order valence-electron chi connectivity index (χ2n) is 4.06. The Balaban J connectivity index is 2.85. The van der Waals surface area contributed by atoms with E-state index >= 15 is 0 Å². The maximum atomic E-state index is 11.3. The van der Waals surface area contributed by atoms with Crippen molar-refractivity contribution in [3.63, 3.8) is 0 Å². The molecule has 0 unspecified atom stereocenters. The van der Waals surface area contributed by atoms with Crippen LogP contribution in [0.3, 0.4) is 0 Å². The van der Waals surface area contributed by atoms with Gasteiger partial charge < -0.3 is 19.8 Å². The molecule has 0 saturated carbocycles. The normalized spacial score (nSPS) is 10.5. The van der Waals surface area contributed by atoms with E-state index in [1.54, 1.807) is 23.7 Å². The number of hydrogen-bond donors (Lipinski definition) is 1. The number of methoxy groups -OCH3 is 1. The SMILES string of the molecule is COc1ccc2c(c1N)c(C=O)c(OC(C)=O)n2C. The van der Waals surface area contributed by atoms with Crippen molar-refractivity contribution >= 4 is 28.8 Å². The van der Waals surface area contributed by atoms with Crippen molar-refractivity contribution in [2.75, 3.05) is 12.8 Å². The number of aldehydes is 1. The second kappa shape index (κ2) is 4.64. The first-order valence-electron chi connectivity index (χ1n) is 5.59. The molecule has 0 radical (unpaired) electrons. The van der Waals surface area contributed by atoms with Gasteiger partial charge in [-0.3, -0.25) is 9.59 Å². The smallest absolute Gasteiger partial charge is 0.309 e. The molecule has 2 N–H and O–H groups in total. The zero-order chi connectivity index (χ0) is 14.2. The van der Waals surface area contributed by atoms with Gasteiger partial charge in [0, 0.05) is 19.4 Å². The lowest BCUT2D eigenvalue weighted by Gasteiger charge is -2.05. The van der Waals surface area contributed by atoms with Crippen molar-refractivity contribution in [2.24, 2.45) is 7.05 Å². The van der Waals surface area contributed by atoms with Crippen LogP contribution in [0.1, 0.15) is 17.3 Å². The Hall–Kier alpha value is -2.50. The monoisotopic (exact) mass is 262 g/mol. The molecule has 2 aromatic rings. The average molecular weight is 262 g/mol. The fourth-order valence-corrected chi connectivity index (χ4v) is 2.10. The van der Waals surface area contributed by atoms with Gasteiger partial charge in [-0.25, -0.2) is 0 Å². The number of fused-ring (bicyclic) bond motifs is 1. The van der Waals surface area contributed by atoms with E-state index in [4.69, 9.17) is 15.2 Å². The van der Waals surface area contributed by atoms with Crippen molar-refractivity contribution in [3.05, 3.63) is 17.7 Å². The van der Waals surface area contributed by atoms with Crippen molar-refractivity contribution < 1.29 is 19.1 Å². The lowest BCUT2D eigenvalue weighted by molar-refractivity contribution is -0.132. The molecule has 0 saturated heterocycles. The molecule has 1 aromatic heterocycles. The molecule has 0 aliphatic carbocycles. The minimum Gasteiger partial charge on any atom is -0.495 e. The lowest BCUT2D eigenvalue weighted by Crippen LogP contribution is -2.06. The fourth-order valence-electron chi connectivity index (χ4n) is 2.10. The highest BCUT2D eigenvalue weighted by Gasteiger charge is 2.21. The van der Waals surface area contributed by atoms with Gasteiger partial charge >= 0.3 is 5.97 Å². The van der Waals surface area contributed by atoms with E-state index in [-0.39, 0.29) is 11.4 Å². The van der Waals surface area contributed by atoms with Gasteiger partial charge in [0.2, 0.25) is 5.88 Å². The molecule has 100 valence electrons. The summed E-state index contributed by atoms with van der Waals surface area (Å²) in [5, 5.41) is 0.521. The number of nitrogen functional groups attached to an aromatic ring is 1. The molecule has 6 heteroatoms. The van der Waals surface area contributed by atoms with Crippen LogP contribution in [0.2, 0.25) is 0 Å². The molecule has 19 heavy (non-hydrogen) atoms. The molecule has 0 aliphatic heterocycles. The first-order valence-corrected chi connectivity index (χ1v) is 5.59. The Labute approximate surface area is 109 Å². The molecular formula is C13H14N2O4. The maximum absolute atomic E-state index is 11.3. The van der Waals surface area contributed by atoms with Gasteiger partial charge in [-0.15, -0.1) is 0 Å². The summed E-state index contributed by atoms with van der Waals surface area (Å²) in [6.07, 6.45) is 0.621. The van der Waals surface area contributed by atoms with E-state index in [0.717, 1.165) is 0 Å². The van der Waals surface area contributed by atoms with Crippen LogP contribution in [0.4, 0.5) is 5.69 Å². The molecular weight excluding hydrogens is 248 g/mol. The molecule has 0 bridgehead atoms. The molecule has 1 aromatic carbocycles. The number of rotatable bonds is 3. The Kier molecular flexibility index (Phi) is 3.16. The molecule has 0 fully saturated rings. The number of anilines is 1. The van der Waals surface area contributed by atoms with Crippen LogP contribution in [0.5, 0.6) is 11.6 Å². The summed E-state index contributed by atoms with van der Waals surface area (Å²) in [7, 11) is 3.19. The number of nitrogens with zero attached hydrogens (tertiary/aromatic N) is 1. The number of esters is 1. The van der Waals surface area contributed by atoms with Crippen molar-refractivity contribution in [1.82, 2.24) is 4.57 Å². The average Bonchev–Trinajstić information content (AvgIpc) is 2.63. The summed E-state index contributed by atoms with van der Waals surface area (Å²) in [5.41, 5.74) is 7.26. The highest BCUT2D eigenvalue weighted by molar-refractivity contribution is 6.08. The number of carbonyl (C=O) groups is 2. The van der Waals surface area contributed by atoms with Crippen LogP contribution in [0.15, 0.2) is 12.1 Å². The van der Waals surface area contributed by atoms with Crippen molar-refractivity contribution in [1.29, 1.82) is 0 Å². The fraction of sp³-hybridized carbons (Fsp3) is 0.231. The van der Waals surface area contributed by atoms with Crippen LogP contribution in [-0.4, -0.2) is 23.9 Å². The molecule has 0 aliphatic rings. The third kappa shape index (κ3) is 1.91. The second-order valence-corrected chi connectivity index (χ2v) is 4.06. The van der Waals surface area contributed by atoms with Crippen LogP contribution >= 0.6 is 0 Å². The Morgan fingerprint density at radius 3 is 2.63 bits per heavy atom. The van der Waals surface area contributed by atoms with Crippen LogP contribution in [-0.2, 0) is 11.8 Å². The Bertz CT molecular complexity index is 673. The summed E-state index contributed by atoms with van der Waals surface area (Å²) in [6.45, 7) is 1.27. The van der Waals surface area contributed by atoms with Crippen LogP contribution < -0.4 is 15.2 Å². The van der Waals surface area contributed by atoms with E-state index < -0.39 is 5.97 Å². The van der Waals surface area contributed by atoms with Crippen LogP contribution in [0.25, 0.3) is 10.9 Å². The highest BCUT2D eigenvalue weighted by Crippen LogP contribution is 2.38. The van der Waals surface area contributed by atoms with E-state index in [1.165, 1.54) is 14.0 Å². The van der Waals surface area contributed by atoms with Gasteiger partial charge in [-0.05, 0) is 12.1 Å². The predicted molar refractivity (Wildman–Crippen MR) is 70.6 cm³/mol. The Morgan fingerprint density at radius 2 is 2.11 bits per heavy atom. The van der Waals surface area contributed by atoms with E-state index in [1.807, 2.05) is 0 Å². The van der Waals surface area contributed by atoms with Crippen molar-refractivity contribution in [3.8, 4) is 11.6 Å². The minimum atomic E-state index is -0.500. The maximum Gasteiger partial charge on any atom is 0.309 e. The first-order chi connectivity index (χ1) is 9.01. The van der Waals surface area contributed by atoms with Gasteiger partial charge in [0.05, 0.1) is 23.9 Å². The first kappa shape index (κ1) is 12.9. The minimum absolute atomic E-state index is 0.178. The number of nitrogens with two attached hydrogens (primary N) is 1. The third-order valence-corrected chi connectivity index (χ3v) is 2.93. The molecule has 0 amide bonds. The van der Waals surface area contributed by atoms with Gasteiger partial charge in [0.1, 0.15) is 5.75 Å². The number of carbonyl (C=O) groups excluding carboxylic acids is 2. The van der Waals surface area contributed by atoms with Gasteiger partial charge in [0.15, 0.2) is 6.29 Å². The summed E-state index contributed by atoms with van der Waals surface area (Å²) < 4.78 is 11.8.